The fourth-order valence-corrected chi connectivity index (χ4v) is 3.00. The third-order valence-corrected chi connectivity index (χ3v) is 4.62. The third kappa shape index (κ3) is 9.73. The summed E-state index contributed by atoms with van der Waals surface area (Å²) in [6.45, 7) is 2.76. The smallest absolute Gasteiger partial charge is 0.351 e. The van der Waals surface area contributed by atoms with Gasteiger partial charge in [-0.25, -0.2) is 19.1 Å². The minimum atomic E-state index is -2.07. The first-order valence-corrected chi connectivity index (χ1v) is 10.5. The van der Waals surface area contributed by atoms with Crippen LogP contribution in [0.15, 0.2) is 42.7 Å². The van der Waals surface area contributed by atoms with Crippen molar-refractivity contribution in [2.24, 2.45) is 0 Å². The second-order valence-electron chi connectivity index (χ2n) is 6.98. The molecule has 0 bridgehead atoms. The van der Waals surface area contributed by atoms with Crippen molar-refractivity contribution in [3.05, 3.63) is 48.3 Å². The highest BCUT2D eigenvalue weighted by Gasteiger charge is 2.14. The van der Waals surface area contributed by atoms with Gasteiger partial charge in [-0.1, -0.05) is 12.1 Å². The lowest BCUT2D eigenvalue weighted by Gasteiger charge is -2.13. The molecule has 2 aromatic carbocycles. The maximum Gasteiger partial charge on any atom is 0.351 e. The van der Waals surface area contributed by atoms with Crippen molar-refractivity contribution in [3.63, 3.8) is 0 Å². The van der Waals surface area contributed by atoms with E-state index in [1.54, 1.807) is 21.3 Å². The molecule has 0 aliphatic carbocycles. The van der Waals surface area contributed by atoms with Crippen LogP contribution in [0.25, 0.3) is 11.0 Å². The fourth-order valence-electron chi connectivity index (χ4n) is 3.00. The lowest BCUT2D eigenvalue weighted by atomic mass is 10.1. The summed E-state index contributed by atoms with van der Waals surface area (Å²) in [5.41, 5.74) is 3.52. The Morgan fingerprint density at radius 3 is 1.89 bits per heavy atom. The Morgan fingerprint density at radius 2 is 1.43 bits per heavy atom. The quantitative estimate of drug-likeness (QED) is 0.132. The molecule has 14 heteroatoms. The molecule has 1 heterocycles. The van der Waals surface area contributed by atoms with Crippen LogP contribution in [0.2, 0.25) is 0 Å². The summed E-state index contributed by atoms with van der Waals surface area (Å²) >= 11 is 0. The molecule has 200 valence electrons. The minimum absolute atomic E-state index is 0.628. The molecule has 37 heavy (non-hydrogen) atoms. The molecule has 0 aliphatic heterocycles. The standard InChI is InChI=1S/C19H23N3O3.2C2H2O4/c1-23-17-10-14(11-18(24-2)19(17)25-3)12-20-8-9-22-13-21-15-6-4-5-7-16(15)22;2*3-1(4)2(5)6/h4-7,10-11,13,20H,8-9,12H2,1-3H3;2*(H,3,4)(H,5,6). The number of ether oxygens (including phenoxy) is 3. The number of aromatic nitrogens is 2. The molecule has 0 saturated carbocycles. The molecule has 1 aromatic heterocycles. The van der Waals surface area contributed by atoms with Gasteiger partial charge in [-0.05, 0) is 24.3 Å². The maximum atomic E-state index is 9.04. The average molecular weight is 521 g/mol. The molecular weight excluding hydrogens is 494 g/mol. The lowest BCUT2D eigenvalue weighted by Crippen LogP contribution is -2.84. The van der Waals surface area contributed by atoms with Gasteiger partial charge in [0.25, 0.3) is 0 Å². The Bertz CT molecular complexity index is 1150. The van der Waals surface area contributed by atoms with Crippen LogP contribution in [0, 0.1) is 0 Å². The fraction of sp³-hybridized carbons (Fsp3) is 0.261. The molecule has 0 unspecified atom stereocenters. The number of hydrogen-bond acceptors (Lipinski definition) is 9. The van der Waals surface area contributed by atoms with E-state index in [9.17, 15) is 0 Å². The predicted molar refractivity (Wildman–Crippen MR) is 120 cm³/mol. The number of para-hydroxylation sites is 2. The number of carboxylic acid groups (broad SMARTS) is 4. The normalized spacial score (nSPS) is 9.70. The van der Waals surface area contributed by atoms with E-state index < -0.39 is 23.9 Å². The zero-order valence-corrected chi connectivity index (χ0v) is 20.3. The molecular formula is C23H27N3O11. The van der Waals surface area contributed by atoms with Crippen LogP contribution in [-0.4, -0.2) is 66.9 Å². The summed E-state index contributed by atoms with van der Waals surface area (Å²) in [5, 5.41) is 34.9. The van der Waals surface area contributed by atoms with Gasteiger partial charge in [0, 0.05) is 5.56 Å². The summed E-state index contributed by atoms with van der Waals surface area (Å²) in [4.78, 5) is 39.3. The van der Waals surface area contributed by atoms with Crippen LogP contribution < -0.4 is 34.3 Å². The van der Waals surface area contributed by atoms with E-state index in [0.717, 1.165) is 30.7 Å². The maximum absolute atomic E-state index is 9.04. The van der Waals surface area contributed by atoms with Gasteiger partial charge in [-0.3, -0.25) is 0 Å². The van der Waals surface area contributed by atoms with Gasteiger partial charge in [0.15, 0.2) is 34.5 Å². The number of methoxy groups -OCH3 is 3. The minimum Gasteiger partial charge on any atom is -0.539 e. The van der Waals surface area contributed by atoms with Gasteiger partial charge in [-0.15, -0.1) is 0 Å². The second-order valence-corrected chi connectivity index (χ2v) is 6.98. The molecule has 0 fully saturated rings. The van der Waals surface area contributed by atoms with Crippen LogP contribution in [0.1, 0.15) is 5.56 Å². The summed E-state index contributed by atoms with van der Waals surface area (Å²) in [6.07, 6.45) is 2.03. The number of nitrogens with one attached hydrogen (secondary N) is 1. The highest BCUT2D eigenvalue weighted by Crippen LogP contribution is 2.37. The van der Waals surface area contributed by atoms with Gasteiger partial charge in [0.1, 0.15) is 19.6 Å². The van der Waals surface area contributed by atoms with Crippen molar-refractivity contribution < 1.29 is 63.7 Å². The van der Waals surface area contributed by atoms with Crippen LogP contribution >= 0.6 is 0 Å². The van der Waals surface area contributed by atoms with E-state index in [2.05, 4.69) is 33.1 Å². The Hall–Kier alpha value is -4.85. The molecule has 0 radical (unpaired) electrons. The number of benzene rings is 2. The number of H-pyrrole nitrogens is 1. The molecule has 3 aromatic rings. The molecule has 0 saturated heterocycles. The largest absolute Gasteiger partial charge is 0.539 e. The van der Waals surface area contributed by atoms with Gasteiger partial charge >= 0.3 is 11.9 Å². The van der Waals surface area contributed by atoms with Crippen molar-refractivity contribution in [3.8, 4) is 17.2 Å². The van der Waals surface area contributed by atoms with E-state index in [1.807, 2.05) is 24.5 Å². The summed E-state index contributed by atoms with van der Waals surface area (Å²) in [7, 11) is 4.89. The number of hydrogen-bond donors (Lipinski definition) is 4. The first-order chi connectivity index (χ1) is 17.5. The average Bonchev–Trinajstić information content (AvgIpc) is 3.29. The molecule has 0 atom stereocenters. The van der Waals surface area contributed by atoms with Crippen LogP contribution in [0.3, 0.4) is 0 Å². The Balaban J connectivity index is 0.000000476. The van der Waals surface area contributed by atoms with Crippen LogP contribution in [-0.2, 0) is 32.3 Å². The molecule has 5 N–H and O–H groups in total. The number of fused-ring (bicyclic) bond motifs is 1. The van der Waals surface area contributed by atoms with E-state index in [-0.39, 0.29) is 0 Å². The van der Waals surface area contributed by atoms with Crippen molar-refractivity contribution in [1.29, 1.82) is 0 Å². The number of nitrogens with zero attached hydrogens (tertiary/aromatic N) is 1. The van der Waals surface area contributed by atoms with Crippen molar-refractivity contribution in [1.82, 2.24) is 4.98 Å². The topological polar surface area (TPSA) is 219 Å². The van der Waals surface area contributed by atoms with E-state index in [0.29, 0.717) is 17.2 Å². The van der Waals surface area contributed by atoms with Crippen LogP contribution in [0.4, 0.5) is 0 Å². The monoisotopic (exact) mass is 521 g/mol. The molecule has 3 rings (SSSR count). The number of carbonyl (C=O) groups excluding carboxylic acids is 2. The number of rotatable bonds is 8. The number of aromatic amines is 1. The number of quaternary nitrogens is 1. The highest BCUT2D eigenvalue weighted by molar-refractivity contribution is 6.26. The lowest BCUT2D eigenvalue weighted by molar-refractivity contribution is -0.745. The SMILES string of the molecule is COc1cc(C[NH2+]CC[n+]2c[nH]c3ccccc32)cc(OC)c1OC.O=C([O-])C(=O)O.O=C([O-])C(=O)O. The first-order valence-electron chi connectivity index (χ1n) is 10.5. The number of carbonyl (C=O) groups is 4. The first kappa shape index (κ1) is 30.2. The van der Waals surface area contributed by atoms with E-state index in [1.165, 1.54) is 5.52 Å². The summed E-state index contributed by atoms with van der Waals surface area (Å²) in [5.74, 6) is -6.01. The number of carboxylic acids is 4. The Morgan fingerprint density at radius 1 is 0.919 bits per heavy atom. The second kappa shape index (κ2) is 15.2. The van der Waals surface area contributed by atoms with Crippen molar-refractivity contribution in [2.45, 2.75) is 13.1 Å². The van der Waals surface area contributed by atoms with Crippen molar-refractivity contribution in [2.75, 3.05) is 27.9 Å². The van der Waals surface area contributed by atoms with E-state index in [4.69, 9.17) is 53.8 Å². The van der Waals surface area contributed by atoms with Crippen LogP contribution in [0.5, 0.6) is 17.2 Å². The van der Waals surface area contributed by atoms with E-state index >= 15 is 0 Å². The molecule has 0 aliphatic rings. The predicted octanol–water partition coefficient (Wildman–Crippen LogP) is -3.11. The highest BCUT2D eigenvalue weighted by atomic mass is 16.5. The van der Waals surface area contributed by atoms with Gasteiger partial charge in [0.2, 0.25) is 12.1 Å². The van der Waals surface area contributed by atoms with Gasteiger partial charge < -0.3 is 49.5 Å². The number of imidazole rings is 1. The Labute approximate surface area is 210 Å². The Kier molecular flexibility index (Phi) is 12.4. The van der Waals surface area contributed by atoms with Gasteiger partial charge in [0.05, 0.1) is 21.3 Å². The zero-order valence-electron chi connectivity index (χ0n) is 20.3. The summed E-state index contributed by atoms with van der Waals surface area (Å²) in [6, 6.07) is 12.3. The number of aliphatic carboxylic acids is 4. The zero-order chi connectivity index (χ0) is 28.0. The summed E-state index contributed by atoms with van der Waals surface area (Å²) < 4.78 is 18.4. The van der Waals surface area contributed by atoms with Gasteiger partial charge in [-0.2, -0.15) is 0 Å². The van der Waals surface area contributed by atoms with Crippen molar-refractivity contribution >= 4 is 34.9 Å². The molecule has 0 amide bonds. The molecule has 0 spiro atoms. The number of nitrogens with two attached hydrogens (primary N) is 1. The third-order valence-electron chi connectivity index (χ3n) is 4.62. The molecule has 14 nitrogen and oxygen atoms in total.